The van der Waals surface area contributed by atoms with Crippen molar-refractivity contribution in [2.45, 2.75) is 18.7 Å². The van der Waals surface area contributed by atoms with Gasteiger partial charge in [0.1, 0.15) is 10.6 Å². The predicted octanol–water partition coefficient (Wildman–Crippen LogP) is 1.57. The largest absolute Gasteiger partial charge is 0.495 e. The first-order chi connectivity index (χ1) is 10.3. The molecule has 0 saturated carbocycles. The smallest absolute Gasteiger partial charge is 0.311 e. The van der Waals surface area contributed by atoms with Crippen LogP contribution in [-0.4, -0.2) is 44.0 Å². The van der Waals surface area contributed by atoms with Crippen molar-refractivity contribution in [1.82, 2.24) is 4.31 Å². The molecule has 1 unspecified atom stereocenters. The van der Waals surface area contributed by atoms with Crippen molar-refractivity contribution in [3.8, 4) is 5.75 Å². The van der Waals surface area contributed by atoms with Crippen LogP contribution in [0.15, 0.2) is 29.2 Å². The van der Waals surface area contributed by atoms with Gasteiger partial charge in [0.15, 0.2) is 0 Å². The lowest BCUT2D eigenvalue weighted by atomic mass is 10.1. The number of benzene rings is 1. The first-order valence-corrected chi connectivity index (χ1v) is 8.26. The van der Waals surface area contributed by atoms with Gasteiger partial charge in [-0.1, -0.05) is 18.2 Å². The minimum Gasteiger partial charge on any atom is -0.495 e. The maximum atomic E-state index is 12.9. The van der Waals surface area contributed by atoms with Crippen LogP contribution in [-0.2, 0) is 14.8 Å². The highest BCUT2D eigenvalue weighted by atomic mass is 32.2. The van der Waals surface area contributed by atoms with Crippen molar-refractivity contribution in [2.75, 3.05) is 20.2 Å². The normalized spacial score (nSPS) is 19.1. The molecule has 2 rings (SSSR count). The summed E-state index contributed by atoms with van der Waals surface area (Å²) in [6, 6.07) is 3.43. The summed E-state index contributed by atoms with van der Waals surface area (Å²) in [7, 11) is -2.40. The number of hydrogen-bond acceptors (Lipinski definition) is 4. The van der Waals surface area contributed by atoms with Gasteiger partial charge in [-0.15, -0.1) is 0 Å². The molecule has 1 aromatic rings. The molecular formula is C15H19NO5S. The average molecular weight is 325 g/mol. The summed E-state index contributed by atoms with van der Waals surface area (Å²) in [5, 5.41) is 9.09. The molecule has 0 bridgehead atoms. The lowest BCUT2D eigenvalue weighted by Gasteiger charge is -2.27. The van der Waals surface area contributed by atoms with E-state index in [2.05, 4.69) is 0 Å². The number of aryl methyl sites for hydroxylation is 2. The lowest BCUT2D eigenvalue weighted by molar-refractivity contribution is -0.140. The number of nitrogens with zero attached hydrogens (tertiary/aromatic N) is 1. The molecule has 0 amide bonds. The zero-order chi connectivity index (χ0) is 16.5. The van der Waals surface area contributed by atoms with Crippen LogP contribution in [0.4, 0.5) is 0 Å². The van der Waals surface area contributed by atoms with Crippen LogP contribution in [0.2, 0.25) is 0 Å². The Labute approximate surface area is 130 Å². The van der Waals surface area contributed by atoms with Crippen LogP contribution in [0.5, 0.6) is 5.75 Å². The van der Waals surface area contributed by atoms with Crippen molar-refractivity contribution in [2.24, 2.45) is 5.92 Å². The highest BCUT2D eigenvalue weighted by Gasteiger charge is 2.33. The van der Waals surface area contributed by atoms with E-state index in [9.17, 15) is 13.2 Å². The van der Waals surface area contributed by atoms with E-state index >= 15 is 0 Å². The molecule has 1 atom stereocenters. The van der Waals surface area contributed by atoms with E-state index in [1.165, 1.54) is 17.5 Å². The van der Waals surface area contributed by atoms with E-state index in [0.29, 0.717) is 5.56 Å². The standard InChI is InChI=1S/C15H19NO5S/c1-10-7-11(2)14(13(8-10)21-3)22(19,20)16-6-4-5-12(9-16)15(17)18/h4-5,7-8,12H,6,9H2,1-3H3,(H,17,18). The Hall–Kier alpha value is -1.86. The van der Waals surface area contributed by atoms with Gasteiger partial charge in [-0.2, -0.15) is 4.31 Å². The minimum absolute atomic E-state index is 0.0787. The molecule has 0 fully saturated rings. The highest BCUT2D eigenvalue weighted by Crippen LogP contribution is 2.32. The van der Waals surface area contributed by atoms with Crippen molar-refractivity contribution in [3.05, 3.63) is 35.4 Å². The Balaban J connectivity index is 2.48. The molecule has 1 aliphatic rings. The summed E-state index contributed by atoms with van der Waals surface area (Å²) in [6.07, 6.45) is 3.09. The number of carboxylic acid groups (broad SMARTS) is 1. The SMILES string of the molecule is COc1cc(C)cc(C)c1S(=O)(=O)N1CC=CC(C(=O)O)C1. The van der Waals surface area contributed by atoms with E-state index in [4.69, 9.17) is 9.84 Å². The van der Waals surface area contributed by atoms with Crippen LogP contribution < -0.4 is 4.74 Å². The number of rotatable bonds is 4. The Kier molecular flexibility index (Phi) is 4.58. The topological polar surface area (TPSA) is 83.9 Å². The van der Waals surface area contributed by atoms with E-state index in [1.54, 1.807) is 25.1 Å². The number of aliphatic carboxylic acids is 1. The molecule has 0 spiro atoms. The van der Waals surface area contributed by atoms with E-state index in [1.807, 2.05) is 6.92 Å². The quantitative estimate of drug-likeness (QED) is 0.850. The predicted molar refractivity (Wildman–Crippen MR) is 81.5 cm³/mol. The Morgan fingerprint density at radius 1 is 1.36 bits per heavy atom. The zero-order valence-corrected chi connectivity index (χ0v) is 13.6. The van der Waals surface area contributed by atoms with Gasteiger partial charge in [0.05, 0.1) is 13.0 Å². The maximum Gasteiger partial charge on any atom is 0.311 e. The molecule has 1 N–H and O–H groups in total. The van der Waals surface area contributed by atoms with Crippen molar-refractivity contribution in [3.63, 3.8) is 0 Å². The van der Waals surface area contributed by atoms with Gasteiger partial charge in [-0.05, 0) is 31.0 Å². The van der Waals surface area contributed by atoms with Crippen molar-refractivity contribution >= 4 is 16.0 Å². The summed E-state index contributed by atoms with van der Waals surface area (Å²) in [5.74, 6) is -1.59. The molecule has 0 aromatic heterocycles. The second-order valence-corrected chi connectivity index (χ2v) is 7.18. The van der Waals surface area contributed by atoms with E-state index in [-0.39, 0.29) is 23.7 Å². The van der Waals surface area contributed by atoms with E-state index in [0.717, 1.165) is 5.56 Å². The van der Waals surface area contributed by atoms with Gasteiger partial charge in [-0.3, -0.25) is 4.79 Å². The lowest BCUT2D eigenvalue weighted by Crippen LogP contribution is -2.40. The fraction of sp³-hybridized carbons (Fsp3) is 0.400. The summed E-state index contributed by atoms with van der Waals surface area (Å²) in [5.41, 5.74) is 1.48. The minimum atomic E-state index is -3.82. The van der Waals surface area contributed by atoms with Gasteiger partial charge in [-0.25, -0.2) is 8.42 Å². The summed E-state index contributed by atoms with van der Waals surface area (Å²) >= 11 is 0. The summed E-state index contributed by atoms with van der Waals surface area (Å²) in [4.78, 5) is 11.2. The molecule has 0 aliphatic carbocycles. The van der Waals surface area contributed by atoms with Crippen LogP contribution in [0.3, 0.4) is 0 Å². The van der Waals surface area contributed by atoms with E-state index < -0.39 is 21.9 Å². The third-order valence-electron chi connectivity index (χ3n) is 3.60. The number of methoxy groups -OCH3 is 1. The molecule has 6 nitrogen and oxygen atoms in total. The fourth-order valence-electron chi connectivity index (χ4n) is 2.58. The Bertz CT molecular complexity index is 724. The first-order valence-electron chi connectivity index (χ1n) is 6.82. The Morgan fingerprint density at radius 2 is 2.05 bits per heavy atom. The van der Waals surface area contributed by atoms with Gasteiger partial charge < -0.3 is 9.84 Å². The highest BCUT2D eigenvalue weighted by molar-refractivity contribution is 7.89. The molecule has 1 aliphatic heterocycles. The number of ether oxygens (including phenoxy) is 1. The first kappa shape index (κ1) is 16.5. The molecular weight excluding hydrogens is 306 g/mol. The zero-order valence-electron chi connectivity index (χ0n) is 12.7. The summed E-state index contributed by atoms with van der Waals surface area (Å²) in [6.45, 7) is 3.64. The van der Waals surface area contributed by atoms with Gasteiger partial charge in [0.2, 0.25) is 10.0 Å². The number of sulfonamides is 1. The fourth-order valence-corrected chi connectivity index (χ4v) is 4.34. The molecule has 0 saturated heterocycles. The van der Waals surface area contributed by atoms with Crippen molar-refractivity contribution in [1.29, 1.82) is 0 Å². The van der Waals surface area contributed by atoms with Gasteiger partial charge in [0, 0.05) is 13.1 Å². The van der Waals surface area contributed by atoms with Crippen LogP contribution in [0.1, 0.15) is 11.1 Å². The van der Waals surface area contributed by atoms with Crippen LogP contribution in [0, 0.1) is 19.8 Å². The van der Waals surface area contributed by atoms with Crippen LogP contribution in [0.25, 0.3) is 0 Å². The van der Waals surface area contributed by atoms with Crippen LogP contribution >= 0.6 is 0 Å². The molecule has 0 radical (unpaired) electrons. The maximum absolute atomic E-state index is 12.9. The number of carbonyl (C=O) groups is 1. The third-order valence-corrected chi connectivity index (χ3v) is 5.61. The average Bonchev–Trinajstić information content (AvgIpc) is 2.46. The van der Waals surface area contributed by atoms with Gasteiger partial charge >= 0.3 is 5.97 Å². The molecule has 1 heterocycles. The second kappa shape index (κ2) is 6.10. The summed E-state index contributed by atoms with van der Waals surface area (Å²) < 4.78 is 32.2. The third kappa shape index (κ3) is 3.00. The molecule has 120 valence electrons. The molecule has 22 heavy (non-hydrogen) atoms. The Morgan fingerprint density at radius 3 is 2.64 bits per heavy atom. The monoisotopic (exact) mass is 325 g/mol. The molecule has 7 heteroatoms. The van der Waals surface area contributed by atoms with Gasteiger partial charge in [0.25, 0.3) is 0 Å². The molecule has 1 aromatic carbocycles. The number of carboxylic acids is 1. The second-order valence-electron chi connectivity index (χ2n) is 5.31. The van der Waals surface area contributed by atoms with Crippen molar-refractivity contribution < 1.29 is 23.1 Å². The number of hydrogen-bond donors (Lipinski definition) is 1.